The Hall–Kier alpha value is -2.02. The topological polar surface area (TPSA) is 92.6 Å². The van der Waals surface area contributed by atoms with Crippen LogP contribution in [0.1, 0.15) is 10.5 Å². The number of rotatable bonds is 2. The molecule has 1 N–H and O–H groups in total. The van der Waals surface area contributed by atoms with Crippen LogP contribution in [0.15, 0.2) is 18.6 Å². The fourth-order valence-corrected chi connectivity index (χ4v) is 1.61. The summed E-state index contributed by atoms with van der Waals surface area (Å²) in [5, 5.41) is 8.99. The lowest BCUT2D eigenvalue weighted by atomic mass is 10.2. The molecule has 0 spiro atoms. The Morgan fingerprint density at radius 3 is 2.94 bits per heavy atom. The third-order valence-electron chi connectivity index (χ3n) is 2.46. The number of hydrogen-bond donors (Lipinski definition) is 1. The smallest absolute Gasteiger partial charge is 0.328 e. The molecular formula is C10H11N3O4. The summed E-state index contributed by atoms with van der Waals surface area (Å²) < 4.78 is 5.05. The van der Waals surface area contributed by atoms with Gasteiger partial charge in [0, 0.05) is 18.9 Å². The van der Waals surface area contributed by atoms with Crippen molar-refractivity contribution >= 4 is 11.9 Å². The third-order valence-corrected chi connectivity index (χ3v) is 2.46. The monoisotopic (exact) mass is 237 g/mol. The van der Waals surface area contributed by atoms with E-state index in [1.165, 1.54) is 23.5 Å². The molecule has 1 unspecified atom stereocenters. The first-order valence-electron chi connectivity index (χ1n) is 5.07. The molecular weight excluding hydrogens is 226 g/mol. The second-order valence-electron chi connectivity index (χ2n) is 3.52. The van der Waals surface area contributed by atoms with Crippen LogP contribution < -0.4 is 0 Å². The Kier molecular flexibility index (Phi) is 3.29. The number of carbonyl (C=O) groups is 2. The number of ether oxygens (including phenoxy) is 1. The van der Waals surface area contributed by atoms with Crippen LogP contribution >= 0.6 is 0 Å². The van der Waals surface area contributed by atoms with Gasteiger partial charge in [-0.2, -0.15) is 0 Å². The van der Waals surface area contributed by atoms with E-state index in [-0.39, 0.29) is 18.8 Å². The van der Waals surface area contributed by atoms with Crippen LogP contribution in [0, 0.1) is 0 Å². The molecule has 1 atom stereocenters. The van der Waals surface area contributed by atoms with Gasteiger partial charge in [0.05, 0.1) is 19.4 Å². The summed E-state index contributed by atoms with van der Waals surface area (Å²) in [5.41, 5.74) is 0.139. The summed E-state index contributed by atoms with van der Waals surface area (Å²) in [6.45, 7) is 0.573. The molecule has 0 bridgehead atoms. The van der Waals surface area contributed by atoms with Crippen LogP contribution in [0.2, 0.25) is 0 Å². The van der Waals surface area contributed by atoms with Gasteiger partial charge in [-0.05, 0) is 0 Å². The maximum atomic E-state index is 12.0. The highest BCUT2D eigenvalue weighted by Gasteiger charge is 2.33. The Morgan fingerprint density at radius 2 is 2.29 bits per heavy atom. The second kappa shape index (κ2) is 4.88. The molecule has 0 aliphatic carbocycles. The highest BCUT2D eigenvalue weighted by atomic mass is 16.5. The highest BCUT2D eigenvalue weighted by Crippen LogP contribution is 2.10. The average Bonchev–Trinajstić information content (AvgIpc) is 2.39. The first-order valence-corrected chi connectivity index (χ1v) is 5.07. The van der Waals surface area contributed by atoms with Gasteiger partial charge in [-0.1, -0.05) is 0 Å². The molecule has 1 aromatic rings. The number of nitrogens with zero attached hydrogens (tertiary/aromatic N) is 3. The van der Waals surface area contributed by atoms with Crippen molar-refractivity contribution in [1.29, 1.82) is 0 Å². The number of aromatic nitrogens is 2. The summed E-state index contributed by atoms with van der Waals surface area (Å²) in [7, 11) is 0. The van der Waals surface area contributed by atoms with Gasteiger partial charge in [-0.25, -0.2) is 9.78 Å². The maximum absolute atomic E-state index is 12.0. The molecule has 90 valence electrons. The summed E-state index contributed by atoms with van der Waals surface area (Å²) in [6, 6.07) is -0.960. The molecule has 1 aliphatic heterocycles. The Morgan fingerprint density at radius 1 is 1.47 bits per heavy atom. The molecule has 17 heavy (non-hydrogen) atoms. The Bertz CT molecular complexity index is 423. The van der Waals surface area contributed by atoms with E-state index in [4.69, 9.17) is 9.84 Å². The Balaban J connectivity index is 2.20. The molecule has 1 fully saturated rings. The third kappa shape index (κ3) is 2.39. The van der Waals surface area contributed by atoms with Gasteiger partial charge in [0.2, 0.25) is 0 Å². The zero-order valence-electron chi connectivity index (χ0n) is 8.94. The largest absolute Gasteiger partial charge is 0.480 e. The fourth-order valence-electron chi connectivity index (χ4n) is 1.61. The van der Waals surface area contributed by atoms with Crippen molar-refractivity contribution in [3.05, 3.63) is 24.3 Å². The highest BCUT2D eigenvalue weighted by molar-refractivity contribution is 5.94. The van der Waals surface area contributed by atoms with Gasteiger partial charge in [0.1, 0.15) is 5.69 Å². The van der Waals surface area contributed by atoms with Crippen LogP contribution in [0.4, 0.5) is 0 Å². The van der Waals surface area contributed by atoms with Crippen molar-refractivity contribution < 1.29 is 19.4 Å². The van der Waals surface area contributed by atoms with Crippen LogP contribution in [0.25, 0.3) is 0 Å². The Labute approximate surface area is 97.0 Å². The number of carbonyl (C=O) groups excluding carboxylic acids is 1. The normalized spacial score (nSPS) is 20.0. The van der Waals surface area contributed by atoms with Crippen molar-refractivity contribution in [2.24, 2.45) is 0 Å². The molecule has 7 nitrogen and oxygen atoms in total. The molecule has 0 aromatic carbocycles. The zero-order chi connectivity index (χ0) is 12.3. The molecule has 1 aliphatic rings. The van der Waals surface area contributed by atoms with Gasteiger partial charge in [-0.3, -0.25) is 9.78 Å². The molecule has 1 aromatic heterocycles. The SMILES string of the molecule is O=C(O)C1COCCN1C(=O)c1cnccn1. The van der Waals surface area contributed by atoms with E-state index in [0.29, 0.717) is 6.61 Å². The summed E-state index contributed by atoms with van der Waals surface area (Å²) in [5.74, 6) is -1.52. The van der Waals surface area contributed by atoms with E-state index in [1.807, 2.05) is 0 Å². The van der Waals surface area contributed by atoms with Crippen molar-refractivity contribution in [3.63, 3.8) is 0 Å². The number of hydrogen-bond acceptors (Lipinski definition) is 5. The van der Waals surface area contributed by atoms with Gasteiger partial charge < -0.3 is 14.7 Å². The number of amides is 1. The molecule has 2 rings (SSSR count). The van der Waals surface area contributed by atoms with Crippen molar-refractivity contribution in [1.82, 2.24) is 14.9 Å². The molecule has 1 saturated heterocycles. The molecule has 0 radical (unpaired) electrons. The van der Waals surface area contributed by atoms with E-state index < -0.39 is 17.9 Å². The minimum Gasteiger partial charge on any atom is -0.480 e. The van der Waals surface area contributed by atoms with E-state index in [9.17, 15) is 9.59 Å². The summed E-state index contributed by atoms with van der Waals surface area (Å²) >= 11 is 0. The zero-order valence-corrected chi connectivity index (χ0v) is 8.94. The lowest BCUT2D eigenvalue weighted by Crippen LogP contribution is -2.52. The number of aliphatic carboxylic acids is 1. The summed E-state index contributed by atoms with van der Waals surface area (Å²) in [6.07, 6.45) is 4.16. The van der Waals surface area contributed by atoms with Gasteiger partial charge in [-0.15, -0.1) is 0 Å². The summed E-state index contributed by atoms with van der Waals surface area (Å²) in [4.78, 5) is 31.9. The molecule has 1 amide bonds. The molecule has 2 heterocycles. The first-order chi connectivity index (χ1) is 8.20. The quantitative estimate of drug-likeness (QED) is 0.738. The minimum absolute atomic E-state index is 0.00132. The van der Waals surface area contributed by atoms with Crippen molar-refractivity contribution in [2.45, 2.75) is 6.04 Å². The van der Waals surface area contributed by atoms with Gasteiger partial charge in [0.15, 0.2) is 6.04 Å². The van der Waals surface area contributed by atoms with Crippen LogP contribution in [0.3, 0.4) is 0 Å². The van der Waals surface area contributed by atoms with E-state index >= 15 is 0 Å². The predicted molar refractivity (Wildman–Crippen MR) is 55.3 cm³/mol. The lowest BCUT2D eigenvalue weighted by molar-refractivity contribution is -0.147. The van der Waals surface area contributed by atoms with Gasteiger partial charge >= 0.3 is 5.97 Å². The number of carboxylic acids is 1. The van der Waals surface area contributed by atoms with Crippen molar-refractivity contribution in [3.8, 4) is 0 Å². The van der Waals surface area contributed by atoms with E-state index in [2.05, 4.69) is 9.97 Å². The lowest BCUT2D eigenvalue weighted by Gasteiger charge is -2.32. The average molecular weight is 237 g/mol. The molecule has 7 heteroatoms. The molecule has 0 saturated carbocycles. The van der Waals surface area contributed by atoms with Crippen LogP contribution in [-0.4, -0.2) is 57.7 Å². The fraction of sp³-hybridized carbons (Fsp3) is 0.400. The second-order valence-corrected chi connectivity index (χ2v) is 3.52. The first kappa shape index (κ1) is 11.5. The standard InChI is InChI=1S/C10H11N3O4/c14-9(7-5-11-1-2-12-7)13-3-4-17-6-8(13)10(15)16/h1-2,5,8H,3-4,6H2,(H,15,16). The minimum atomic E-state index is -1.08. The predicted octanol–water partition coefficient (Wildman–Crippen LogP) is -0.598. The van der Waals surface area contributed by atoms with Gasteiger partial charge in [0.25, 0.3) is 5.91 Å². The van der Waals surface area contributed by atoms with Crippen LogP contribution in [0.5, 0.6) is 0 Å². The van der Waals surface area contributed by atoms with Crippen molar-refractivity contribution in [2.75, 3.05) is 19.8 Å². The van der Waals surface area contributed by atoms with E-state index in [0.717, 1.165) is 0 Å². The number of morpholine rings is 1. The number of carboxylic acid groups (broad SMARTS) is 1. The maximum Gasteiger partial charge on any atom is 0.328 e. The van der Waals surface area contributed by atoms with E-state index in [1.54, 1.807) is 0 Å². The van der Waals surface area contributed by atoms with Crippen LogP contribution in [-0.2, 0) is 9.53 Å².